The van der Waals surface area contributed by atoms with Crippen LogP contribution in [0, 0.1) is 22.7 Å². The van der Waals surface area contributed by atoms with E-state index >= 15 is 8.78 Å². The molecule has 8 nitrogen and oxygen atoms in total. The highest BCUT2D eigenvalue weighted by molar-refractivity contribution is 5.84. The molecular formula is C44H55F5N2O6. The average molecular weight is 803 g/mol. The number of alkyl halides is 5. The molecule has 4 aliphatic carbocycles. The Morgan fingerprint density at radius 3 is 2.21 bits per heavy atom. The van der Waals surface area contributed by atoms with Crippen molar-refractivity contribution in [2.45, 2.75) is 133 Å². The van der Waals surface area contributed by atoms with Crippen LogP contribution in [0.1, 0.15) is 108 Å². The van der Waals surface area contributed by atoms with Crippen molar-refractivity contribution in [2.75, 3.05) is 36.5 Å². The van der Waals surface area contributed by atoms with Crippen LogP contribution in [0.3, 0.4) is 0 Å². The van der Waals surface area contributed by atoms with Crippen LogP contribution in [0.4, 0.5) is 38.1 Å². The standard InChI is InChI=1S/C44H55F5N2O6/c1-38(2)26-56-41(57-27-38)19-16-35-36-32(15-18-40(35,53)25-41)34-17-20-42(54,43(45,46)44(47,48)49)39(34,3)23-33(36)29-9-7-28(8-10-29)24-55-37(52)50-30-11-13-31(14-12-30)51-21-5-4-6-22-51/h7-14,32-34,53-54H,4-6,15-27H2,1-3H3,(H,50,52)/t32?,33-,34?,39+,40?,42+/m1/s1. The Labute approximate surface area is 331 Å². The first kappa shape index (κ1) is 40.5. The quantitative estimate of drug-likeness (QED) is 0.198. The number of carbonyl (C=O) groups is 1. The molecule has 5 fully saturated rings. The minimum Gasteiger partial charge on any atom is -0.444 e. The molecule has 13 heteroatoms. The minimum atomic E-state index is -5.93. The maximum atomic E-state index is 15.5. The second-order valence-electron chi connectivity index (χ2n) is 18.7. The molecule has 3 N–H and O–H groups in total. The molecule has 3 saturated carbocycles. The van der Waals surface area contributed by atoms with Gasteiger partial charge in [0.15, 0.2) is 5.79 Å². The van der Waals surface area contributed by atoms with E-state index in [2.05, 4.69) is 10.2 Å². The van der Waals surface area contributed by atoms with Gasteiger partial charge in [0.05, 0.1) is 18.8 Å². The monoisotopic (exact) mass is 802 g/mol. The number of piperidine rings is 1. The highest BCUT2D eigenvalue weighted by Crippen LogP contribution is 2.71. The average Bonchev–Trinajstić information content (AvgIpc) is 3.46. The van der Waals surface area contributed by atoms with Crippen molar-refractivity contribution in [3.8, 4) is 0 Å². The van der Waals surface area contributed by atoms with Crippen LogP contribution < -0.4 is 10.2 Å². The summed E-state index contributed by atoms with van der Waals surface area (Å²) in [5, 5.41) is 26.9. The number of hydrogen-bond acceptors (Lipinski definition) is 7. The van der Waals surface area contributed by atoms with Gasteiger partial charge in [0.1, 0.15) is 12.2 Å². The fraction of sp³-hybridized carbons (Fsp3) is 0.659. The van der Waals surface area contributed by atoms with Gasteiger partial charge in [-0.05, 0) is 111 Å². The van der Waals surface area contributed by atoms with Crippen LogP contribution >= 0.6 is 0 Å². The van der Waals surface area contributed by atoms with Gasteiger partial charge in [-0.3, -0.25) is 5.32 Å². The van der Waals surface area contributed by atoms with E-state index in [-0.39, 0.29) is 37.7 Å². The third-order valence-electron chi connectivity index (χ3n) is 14.5. The summed E-state index contributed by atoms with van der Waals surface area (Å²) in [6, 6.07) is 14.7. The smallest absolute Gasteiger partial charge is 0.444 e. The summed E-state index contributed by atoms with van der Waals surface area (Å²) < 4.78 is 91.4. The van der Waals surface area contributed by atoms with Gasteiger partial charge in [-0.1, -0.05) is 50.6 Å². The van der Waals surface area contributed by atoms with Gasteiger partial charge in [-0.25, -0.2) is 4.79 Å². The summed E-state index contributed by atoms with van der Waals surface area (Å²) in [5.74, 6) is -8.01. The highest BCUT2D eigenvalue weighted by atomic mass is 19.4. The van der Waals surface area contributed by atoms with Crippen LogP contribution in [0.25, 0.3) is 0 Å². The summed E-state index contributed by atoms with van der Waals surface area (Å²) in [7, 11) is 0. The van der Waals surface area contributed by atoms with Crippen molar-refractivity contribution in [2.24, 2.45) is 22.7 Å². The Morgan fingerprint density at radius 2 is 1.56 bits per heavy atom. The summed E-state index contributed by atoms with van der Waals surface area (Å²) in [4.78, 5) is 15.1. The van der Waals surface area contributed by atoms with E-state index in [1.54, 1.807) is 24.3 Å². The molecule has 0 radical (unpaired) electrons. The number of anilines is 2. The van der Waals surface area contributed by atoms with E-state index in [0.717, 1.165) is 42.8 Å². The lowest BCUT2D eigenvalue weighted by molar-refractivity contribution is -0.362. The zero-order valence-corrected chi connectivity index (χ0v) is 33.0. The van der Waals surface area contributed by atoms with Crippen LogP contribution in [-0.2, 0) is 20.8 Å². The van der Waals surface area contributed by atoms with Crippen molar-refractivity contribution in [1.29, 1.82) is 0 Å². The van der Waals surface area contributed by atoms with Gasteiger partial charge in [0, 0.05) is 54.1 Å². The Bertz CT molecular complexity index is 1850. The maximum Gasteiger partial charge on any atom is 0.456 e. The van der Waals surface area contributed by atoms with E-state index in [1.807, 2.05) is 38.1 Å². The fourth-order valence-electron chi connectivity index (χ4n) is 11.4. The molecule has 0 aromatic heterocycles. The van der Waals surface area contributed by atoms with Crippen molar-refractivity contribution in [3.63, 3.8) is 0 Å². The van der Waals surface area contributed by atoms with Gasteiger partial charge in [-0.15, -0.1) is 0 Å². The maximum absolute atomic E-state index is 15.5. The van der Waals surface area contributed by atoms with E-state index in [4.69, 9.17) is 14.2 Å². The fourth-order valence-corrected chi connectivity index (χ4v) is 11.4. The number of nitrogens with zero attached hydrogens (tertiary/aromatic N) is 1. The van der Waals surface area contributed by atoms with Crippen molar-refractivity contribution < 1.29 is 51.2 Å². The Kier molecular flexibility index (Phi) is 10.1. The lowest BCUT2D eigenvalue weighted by atomic mass is 9.49. The number of carbonyl (C=O) groups excluding carboxylic acids is 1. The molecule has 57 heavy (non-hydrogen) atoms. The third kappa shape index (κ3) is 6.95. The predicted molar refractivity (Wildman–Crippen MR) is 204 cm³/mol. The molecule has 6 aliphatic rings. The summed E-state index contributed by atoms with van der Waals surface area (Å²) in [6.07, 6.45) is -2.10. The molecule has 0 bridgehead atoms. The first-order valence-electron chi connectivity index (χ1n) is 20.6. The Hall–Kier alpha value is -3.26. The SMILES string of the molecule is CC1(C)COC2(CCC3=C4C(CCC3(O)C2)C2CC[C@@](O)(C(F)(F)C(F)(F)F)[C@@]2(C)C[C@@H]4c2ccc(COC(=O)Nc3ccc(N4CCCCC4)cc3)cc2)OC1. The van der Waals surface area contributed by atoms with Crippen LogP contribution in [0.2, 0.25) is 0 Å². The lowest BCUT2D eigenvalue weighted by Gasteiger charge is -2.59. The zero-order chi connectivity index (χ0) is 40.6. The molecule has 8 rings (SSSR count). The van der Waals surface area contributed by atoms with Crippen LogP contribution in [-0.4, -0.2) is 71.7 Å². The highest BCUT2D eigenvalue weighted by Gasteiger charge is 2.79. The van der Waals surface area contributed by atoms with E-state index < -0.39 is 64.8 Å². The zero-order valence-electron chi connectivity index (χ0n) is 33.0. The third-order valence-corrected chi connectivity index (χ3v) is 14.5. The topological polar surface area (TPSA) is 100 Å². The number of nitrogens with one attached hydrogen (secondary N) is 1. The summed E-state index contributed by atoms with van der Waals surface area (Å²) in [5.41, 5.74) is -1.89. The van der Waals surface area contributed by atoms with Crippen LogP contribution in [0.15, 0.2) is 59.7 Å². The first-order chi connectivity index (χ1) is 26.8. The number of halogens is 5. The Morgan fingerprint density at radius 1 is 0.895 bits per heavy atom. The van der Waals surface area contributed by atoms with Crippen molar-refractivity contribution in [3.05, 3.63) is 70.8 Å². The number of fused-ring (bicyclic) bond motifs is 4. The second-order valence-corrected chi connectivity index (χ2v) is 18.7. The van der Waals surface area contributed by atoms with Crippen LogP contribution in [0.5, 0.6) is 0 Å². The number of allylic oxidation sites excluding steroid dienone is 1. The predicted octanol–water partition coefficient (Wildman–Crippen LogP) is 9.65. The largest absolute Gasteiger partial charge is 0.456 e. The molecule has 3 unspecified atom stereocenters. The molecule has 2 heterocycles. The second kappa shape index (κ2) is 14.2. The van der Waals surface area contributed by atoms with E-state index in [0.29, 0.717) is 49.3 Å². The number of rotatable bonds is 6. The minimum absolute atomic E-state index is 0.0113. The van der Waals surface area contributed by atoms with Gasteiger partial charge in [-0.2, -0.15) is 22.0 Å². The summed E-state index contributed by atoms with van der Waals surface area (Å²) in [6.45, 7) is 8.40. The first-order valence-corrected chi connectivity index (χ1v) is 20.6. The lowest BCUT2D eigenvalue weighted by Crippen LogP contribution is -2.65. The molecule has 6 atom stereocenters. The molecule has 2 aromatic carbocycles. The summed E-state index contributed by atoms with van der Waals surface area (Å²) >= 11 is 0. The molecule has 2 saturated heterocycles. The number of aliphatic hydroxyl groups is 2. The number of amides is 1. The van der Waals surface area contributed by atoms with Crippen molar-refractivity contribution >= 4 is 17.5 Å². The van der Waals surface area contributed by atoms with Crippen molar-refractivity contribution in [1.82, 2.24) is 0 Å². The van der Waals surface area contributed by atoms with E-state index in [9.17, 15) is 28.2 Å². The molecule has 2 aliphatic heterocycles. The van der Waals surface area contributed by atoms with Gasteiger partial charge in [0.25, 0.3) is 0 Å². The van der Waals surface area contributed by atoms with Gasteiger partial charge in [0.2, 0.25) is 0 Å². The van der Waals surface area contributed by atoms with E-state index in [1.165, 1.54) is 13.3 Å². The molecule has 312 valence electrons. The number of benzene rings is 2. The van der Waals surface area contributed by atoms with Gasteiger partial charge >= 0.3 is 18.2 Å². The number of hydrogen-bond donors (Lipinski definition) is 3. The molecule has 1 amide bonds. The molecular weight excluding hydrogens is 747 g/mol. The molecule has 1 spiro atoms. The number of ether oxygens (including phenoxy) is 3. The Balaban J connectivity index is 1.05. The molecule has 2 aromatic rings. The normalized spacial score (nSPS) is 33.6. The van der Waals surface area contributed by atoms with Gasteiger partial charge < -0.3 is 29.3 Å².